The molecular formula is C16H20N+. The van der Waals surface area contributed by atoms with Gasteiger partial charge in [-0.2, -0.15) is 0 Å². The van der Waals surface area contributed by atoms with Crippen molar-refractivity contribution < 1.29 is 0 Å². The number of hydrogen-bond acceptors (Lipinski definition) is 0. The molecule has 17 heavy (non-hydrogen) atoms. The summed E-state index contributed by atoms with van der Waals surface area (Å²) in [5.41, 5.74) is 2.73. The van der Waals surface area contributed by atoms with Crippen LogP contribution in [0.3, 0.4) is 0 Å². The molecular weight excluding hydrogens is 206 g/mol. The summed E-state index contributed by atoms with van der Waals surface area (Å²) in [6.07, 6.45) is 0. The van der Waals surface area contributed by atoms with Gasteiger partial charge in [0.2, 0.25) is 0 Å². The largest absolute Gasteiger partial charge is 0.259 e. The summed E-state index contributed by atoms with van der Waals surface area (Å²) in [4.78, 5) is 0. The quantitative estimate of drug-likeness (QED) is 0.679. The molecule has 0 saturated carbocycles. The minimum Gasteiger partial charge on any atom is -0.259 e. The van der Waals surface area contributed by atoms with Crippen molar-refractivity contribution in [3.8, 4) is 0 Å². The predicted octanol–water partition coefficient (Wildman–Crippen LogP) is 4.37. The van der Waals surface area contributed by atoms with Crippen molar-refractivity contribution in [1.29, 1.82) is 0 Å². The Morgan fingerprint density at radius 2 is 1.00 bits per heavy atom. The molecule has 88 valence electrons. The topological polar surface area (TPSA) is 0 Å². The molecule has 0 bridgehead atoms. The summed E-state index contributed by atoms with van der Waals surface area (Å²) in [5, 5.41) is 0. The number of hydrogen-bond donors (Lipinski definition) is 0. The third-order valence-electron chi connectivity index (χ3n) is 3.58. The van der Waals surface area contributed by atoms with Crippen LogP contribution in [0, 0.1) is 0 Å². The number of para-hydroxylation sites is 2. The molecule has 0 radical (unpaired) electrons. The number of nitrogens with zero attached hydrogens (tertiary/aromatic N) is 1. The van der Waals surface area contributed by atoms with Crippen LogP contribution in [0.1, 0.15) is 13.8 Å². The minimum absolute atomic E-state index is 0.918. The predicted molar refractivity (Wildman–Crippen MR) is 75.4 cm³/mol. The molecule has 0 aromatic heterocycles. The molecule has 2 aromatic rings. The van der Waals surface area contributed by atoms with Gasteiger partial charge in [0.1, 0.15) is 11.4 Å². The van der Waals surface area contributed by atoms with Crippen LogP contribution in [0.2, 0.25) is 0 Å². The highest BCUT2D eigenvalue weighted by Crippen LogP contribution is 2.33. The fraction of sp³-hybridized carbons (Fsp3) is 0.250. The summed E-state index contributed by atoms with van der Waals surface area (Å²) in [6, 6.07) is 21.5. The molecule has 0 aliphatic carbocycles. The average Bonchev–Trinajstić information content (AvgIpc) is 2.43. The van der Waals surface area contributed by atoms with Crippen LogP contribution < -0.4 is 4.48 Å². The van der Waals surface area contributed by atoms with Crippen LogP contribution in [0.5, 0.6) is 0 Å². The lowest BCUT2D eigenvalue weighted by Gasteiger charge is -2.35. The van der Waals surface area contributed by atoms with Crippen molar-refractivity contribution >= 4 is 11.4 Å². The lowest BCUT2D eigenvalue weighted by molar-refractivity contribution is 0.421. The van der Waals surface area contributed by atoms with Crippen LogP contribution in [0.15, 0.2) is 60.7 Å². The van der Waals surface area contributed by atoms with Gasteiger partial charge in [0.05, 0.1) is 13.1 Å². The first-order valence-corrected chi connectivity index (χ1v) is 6.32. The Bertz CT molecular complexity index is 402. The summed E-state index contributed by atoms with van der Waals surface area (Å²) in [6.45, 7) is 6.65. The van der Waals surface area contributed by atoms with E-state index in [0.29, 0.717) is 0 Å². The zero-order valence-corrected chi connectivity index (χ0v) is 10.6. The Kier molecular flexibility index (Phi) is 3.60. The SMILES string of the molecule is CC[N+](CC)(c1ccccc1)c1ccccc1. The van der Waals surface area contributed by atoms with Gasteiger partial charge in [-0.1, -0.05) is 36.4 Å². The molecule has 0 atom stereocenters. The molecule has 2 rings (SSSR count). The fourth-order valence-electron chi connectivity index (χ4n) is 2.53. The van der Waals surface area contributed by atoms with Crippen LogP contribution in [0.4, 0.5) is 11.4 Å². The Labute approximate surface area is 104 Å². The van der Waals surface area contributed by atoms with Crippen molar-refractivity contribution in [2.45, 2.75) is 13.8 Å². The maximum Gasteiger partial charge on any atom is 0.137 e. The molecule has 0 amide bonds. The first kappa shape index (κ1) is 11.9. The average molecular weight is 226 g/mol. The Hall–Kier alpha value is -1.60. The molecule has 0 aliphatic rings. The van der Waals surface area contributed by atoms with Crippen LogP contribution in [0.25, 0.3) is 0 Å². The second-order valence-corrected chi connectivity index (χ2v) is 4.27. The Morgan fingerprint density at radius 1 is 0.647 bits per heavy atom. The van der Waals surface area contributed by atoms with Gasteiger partial charge < -0.3 is 0 Å². The van der Waals surface area contributed by atoms with Crippen LogP contribution in [-0.2, 0) is 0 Å². The molecule has 1 heteroatoms. The highest BCUT2D eigenvalue weighted by Gasteiger charge is 2.28. The van der Waals surface area contributed by atoms with E-state index in [2.05, 4.69) is 74.5 Å². The van der Waals surface area contributed by atoms with Gasteiger partial charge in [0.25, 0.3) is 0 Å². The first-order valence-electron chi connectivity index (χ1n) is 6.32. The van der Waals surface area contributed by atoms with Crippen LogP contribution >= 0.6 is 0 Å². The van der Waals surface area contributed by atoms with Crippen molar-refractivity contribution in [2.75, 3.05) is 13.1 Å². The van der Waals surface area contributed by atoms with Gasteiger partial charge >= 0.3 is 0 Å². The summed E-state index contributed by atoms with van der Waals surface area (Å²) >= 11 is 0. The van der Waals surface area contributed by atoms with Crippen molar-refractivity contribution in [1.82, 2.24) is 4.48 Å². The minimum atomic E-state index is 0.918. The van der Waals surface area contributed by atoms with E-state index in [0.717, 1.165) is 17.6 Å². The van der Waals surface area contributed by atoms with E-state index in [1.807, 2.05) is 0 Å². The lowest BCUT2D eigenvalue weighted by Crippen LogP contribution is -2.43. The van der Waals surface area contributed by atoms with E-state index >= 15 is 0 Å². The standard InChI is InChI=1S/C16H20N/c1-3-17(4-2,15-11-7-5-8-12-15)16-13-9-6-10-14-16/h5-14H,3-4H2,1-2H3/q+1. The zero-order valence-electron chi connectivity index (χ0n) is 10.6. The zero-order chi connectivity index (χ0) is 12.1. The maximum atomic E-state index is 2.25. The third-order valence-corrected chi connectivity index (χ3v) is 3.58. The Morgan fingerprint density at radius 3 is 1.29 bits per heavy atom. The normalized spacial score (nSPS) is 11.4. The van der Waals surface area contributed by atoms with Gasteiger partial charge in [-0.25, -0.2) is 0 Å². The van der Waals surface area contributed by atoms with Gasteiger partial charge in [0.15, 0.2) is 0 Å². The van der Waals surface area contributed by atoms with Crippen molar-refractivity contribution in [3.63, 3.8) is 0 Å². The molecule has 0 aliphatic heterocycles. The second kappa shape index (κ2) is 5.15. The van der Waals surface area contributed by atoms with E-state index < -0.39 is 0 Å². The monoisotopic (exact) mass is 226 g/mol. The highest BCUT2D eigenvalue weighted by atomic mass is 15.4. The first-order chi connectivity index (χ1) is 8.33. The third kappa shape index (κ3) is 2.11. The smallest absolute Gasteiger partial charge is 0.137 e. The van der Waals surface area contributed by atoms with Gasteiger partial charge in [0, 0.05) is 0 Å². The lowest BCUT2D eigenvalue weighted by atomic mass is 10.1. The Balaban J connectivity index is 2.54. The van der Waals surface area contributed by atoms with Crippen molar-refractivity contribution in [2.24, 2.45) is 0 Å². The number of rotatable bonds is 4. The molecule has 0 saturated heterocycles. The fourth-order valence-corrected chi connectivity index (χ4v) is 2.53. The van der Waals surface area contributed by atoms with E-state index in [1.54, 1.807) is 0 Å². The molecule has 0 heterocycles. The second-order valence-electron chi connectivity index (χ2n) is 4.27. The van der Waals surface area contributed by atoms with E-state index in [9.17, 15) is 0 Å². The van der Waals surface area contributed by atoms with E-state index in [4.69, 9.17) is 0 Å². The maximum absolute atomic E-state index is 2.25. The van der Waals surface area contributed by atoms with Crippen molar-refractivity contribution in [3.05, 3.63) is 60.7 Å². The molecule has 0 spiro atoms. The highest BCUT2D eigenvalue weighted by molar-refractivity contribution is 5.57. The van der Waals surface area contributed by atoms with E-state index in [1.165, 1.54) is 11.4 Å². The summed E-state index contributed by atoms with van der Waals surface area (Å²) < 4.78 is 0.918. The van der Waals surface area contributed by atoms with Crippen LogP contribution in [-0.4, -0.2) is 13.1 Å². The molecule has 0 fully saturated rings. The molecule has 2 aromatic carbocycles. The van der Waals surface area contributed by atoms with Gasteiger partial charge in [-0.15, -0.1) is 0 Å². The van der Waals surface area contributed by atoms with E-state index in [-0.39, 0.29) is 0 Å². The molecule has 0 N–H and O–H groups in total. The molecule has 1 nitrogen and oxygen atoms in total. The molecule has 0 unspecified atom stereocenters. The summed E-state index contributed by atoms with van der Waals surface area (Å²) in [5.74, 6) is 0. The van der Waals surface area contributed by atoms with Gasteiger partial charge in [-0.05, 0) is 38.1 Å². The van der Waals surface area contributed by atoms with Gasteiger partial charge in [-0.3, -0.25) is 4.48 Å². The number of benzene rings is 2. The number of quaternary nitrogens is 1. The summed E-state index contributed by atoms with van der Waals surface area (Å²) in [7, 11) is 0.